The van der Waals surface area contributed by atoms with Crippen molar-refractivity contribution < 1.29 is 19.1 Å². The first kappa shape index (κ1) is 25.1. The molecule has 190 valence electrons. The third-order valence-electron chi connectivity index (χ3n) is 6.27. The highest BCUT2D eigenvalue weighted by molar-refractivity contribution is 5.89. The van der Waals surface area contributed by atoms with Crippen LogP contribution in [0.15, 0.2) is 54.6 Å². The average Bonchev–Trinajstić information content (AvgIpc) is 3.31. The lowest BCUT2D eigenvalue weighted by Gasteiger charge is -2.35. The summed E-state index contributed by atoms with van der Waals surface area (Å²) < 4.78 is 12.2. The minimum absolute atomic E-state index is 0.0469. The van der Waals surface area contributed by atoms with Crippen LogP contribution in [0.3, 0.4) is 0 Å². The van der Waals surface area contributed by atoms with Gasteiger partial charge in [0.25, 0.3) is 0 Å². The van der Waals surface area contributed by atoms with Crippen LogP contribution in [0, 0.1) is 5.92 Å². The van der Waals surface area contributed by atoms with Gasteiger partial charge in [0.15, 0.2) is 17.8 Å². The molecular formula is C26H32N6O4. The summed E-state index contributed by atoms with van der Waals surface area (Å²) in [6.45, 7) is 4.24. The molecule has 2 heterocycles. The van der Waals surface area contributed by atoms with E-state index < -0.39 is 12.3 Å². The Morgan fingerprint density at radius 1 is 1.08 bits per heavy atom. The lowest BCUT2D eigenvalue weighted by Crippen LogP contribution is -2.57. The molecule has 0 aliphatic carbocycles. The number of anilines is 1. The fourth-order valence-corrected chi connectivity index (χ4v) is 4.31. The Kier molecular flexibility index (Phi) is 7.74. The molecule has 10 nitrogen and oxygen atoms in total. The van der Waals surface area contributed by atoms with Crippen LogP contribution in [0.5, 0.6) is 11.5 Å². The molecule has 1 aliphatic heterocycles. The van der Waals surface area contributed by atoms with Gasteiger partial charge in [-0.05, 0) is 31.0 Å². The van der Waals surface area contributed by atoms with Gasteiger partial charge in [0.2, 0.25) is 5.91 Å². The first-order valence-corrected chi connectivity index (χ1v) is 11.9. The van der Waals surface area contributed by atoms with E-state index in [1.807, 2.05) is 56.3 Å². The van der Waals surface area contributed by atoms with Gasteiger partial charge in [-0.15, -0.1) is 0 Å². The standard InChI is InChI=1S/C26H32N6O4/c1-5-19-16(2)28-25(30-24(19)33)32-23(14-20(31-32)18-9-7-6-8-10-18)29-26(34)27-15-17-11-12-21(35-3)22(13-17)36-4/h6-14,16,19,25,28H,5,15H2,1-4H3,(H,30,33)(H2,27,29,34). The molecule has 3 aromatic rings. The van der Waals surface area contributed by atoms with Crippen LogP contribution in [-0.2, 0) is 11.3 Å². The van der Waals surface area contributed by atoms with E-state index in [9.17, 15) is 9.59 Å². The number of ether oxygens (including phenoxy) is 2. The van der Waals surface area contributed by atoms with Crippen LogP contribution in [0.2, 0.25) is 0 Å². The number of amides is 3. The second-order valence-corrected chi connectivity index (χ2v) is 8.60. The van der Waals surface area contributed by atoms with Gasteiger partial charge < -0.3 is 20.1 Å². The number of benzene rings is 2. The summed E-state index contributed by atoms with van der Waals surface area (Å²) in [4.78, 5) is 25.5. The zero-order chi connectivity index (χ0) is 25.7. The third kappa shape index (κ3) is 5.44. The van der Waals surface area contributed by atoms with E-state index in [-0.39, 0.29) is 24.4 Å². The molecule has 3 amide bonds. The molecule has 4 N–H and O–H groups in total. The largest absolute Gasteiger partial charge is 0.493 e. The highest BCUT2D eigenvalue weighted by Gasteiger charge is 2.34. The predicted octanol–water partition coefficient (Wildman–Crippen LogP) is 3.48. The molecule has 10 heteroatoms. The Hall–Kier alpha value is -4.05. The van der Waals surface area contributed by atoms with Crippen molar-refractivity contribution in [3.05, 3.63) is 60.2 Å². The Morgan fingerprint density at radius 2 is 1.83 bits per heavy atom. The summed E-state index contributed by atoms with van der Waals surface area (Å²) in [5, 5.41) is 16.8. The number of aromatic nitrogens is 2. The quantitative estimate of drug-likeness (QED) is 0.382. The molecule has 3 unspecified atom stereocenters. The van der Waals surface area contributed by atoms with E-state index in [2.05, 4.69) is 21.3 Å². The van der Waals surface area contributed by atoms with E-state index in [1.165, 1.54) is 0 Å². The first-order valence-electron chi connectivity index (χ1n) is 11.9. The fourth-order valence-electron chi connectivity index (χ4n) is 4.31. The number of nitrogens with one attached hydrogen (secondary N) is 4. The van der Waals surface area contributed by atoms with Gasteiger partial charge in [-0.25, -0.2) is 9.48 Å². The van der Waals surface area contributed by atoms with Crippen molar-refractivity contribution in [1.82, 2.24) is 25.7 Å². The van der Waals surface area contributed by atoms with Crippen molar-refractivity contribution in [3.63, 3.8) is 0 Å². The summed E-state index contributed by atoms with van der Waals surface area (Å²) in [7, 11) is 3.14. The van der Waals surface area contributed by atoms with E-state index in [0.717, 1.165) is 17.5 Å². The number of carbonyl (C=O) groups excluding carboxylic acids is 2. The number of hydrogen-bond acceptors (Lipinski definition) is 6. The molecule has 1 aromatic heterocycles. The van der Waals surface area contributed by atoms with Crippen molar-refractivity contribution in [1.29, 1.82) is 0 Å². The van der Waals surface area contributed by atoms with Crippen molar-refractivity contribution in [3.8, 4) is 22.8 Å². The molecule has 3 atom stereocenters. The maximum atomic E-state index is 12.8. The normalized spacial score (nSPS) is 19.3. The van der Waals surface area contributed by atoms with Crippen LogP contribution in [0.1, 0.15) is 32.1 Å². The Balaban J connectivity index is 1.53. The van der Waals surface area contributed by atoms with Gasteiger partial charge >= 0.3 is 6.03 Å². The van der Waals surface area contributed by atoms with Gasteiger partial charge in [0.1, 0.15) is 5.82 Å². The molecule has 0 bridgehead atoms. The van der Waals surface area contributed by atoms with Crippen LogP contribution in [0.25, 0.3) is 11.3 Å². The number of carbonyl (C=O) groups is 2. The van der Waals surface area contributed by atoms with E-state index in [0.29, 0.717) is 23.0 Å². The van der Waals surface area contributed by atoms with Crippen LogP contribution in [-0.4, -0.2) is 42.0 Å². The molecule has 1 fully saturated rings. The molecular weight excluding hydrogens is 460 g/mol. The average molecular weight is 493 g/mol. The summed E-state index contributed by atoms with van der Waals surface area (Å²) in [5.41, 5.74) is 2.42. The lowest BCUT2D eigenvalue weighted by atomic mass is 9.95. The highest BCUT2D eigenvalue weighted by Crippen LogP contribution is 2.28. The highest BCUT2D eigenvalue weighted by atomic mass is 16.5. The molecule has 0 saturated carbocycles. The Labute approximate surface area is 210 Å². The monoisotopic (exact) mass is 492 g/mol. The molecule has 2 aromatic carbocycles. The fraction of sp³-hybridized carbons (Fsp3) is 0.346. The number of methoxy groups -OCH3 is 2. The smallest absolute Gasteiger partial charge is 0.320 e. The van der Waals surface area contributed by atoms with E-state index >= 15 is 0 Å². The van der Waals surface area contributed by atoms with E-state index in [1.54, 1.807) is 31.0 Å². The molecule has 36 heavy (non-hydrogen) atoms. The Bertz CT molecular complexity index is 1210. The summed E-state index contributed by atoms with van der Waals surface area (Å²) in [6.07, 6.45) is 0.124. The summed E-state index contributed by atoms with van der Waals surface area (Å²) in [5.74, 6) is 1.46. The molecule has 0 radical (unpaired) electrons. The van der Waals surface area contributed by atoms with Crippen molar-refractivity contribution in [2.24, 2.45) is 5.92 Å². The second kappa shape index (κ2) is 11.1. The summed E-state index contributed by atoms with van der Waals surface area (Å²) >= 11 is 0. The predicted molar refractivity (Wildman–Crippen MR) is 137 cm³/mol. The zero-order valence-corrected chi connectivity index (χ0v) is 20.9. The van der Waals surface area contributed by atoms with Gasteiger partial charge in [-0.3, -0.25) is 15.4 Å². The van der Waals surface area contributed by atoms with Crippen molar-refractivity contribution in [2.75, 3.05) is 19.5 Å². The van der Waals surface area contributed by atoms with Gasteiger partial charge in [-0.1, -0.05) is 43.3 Å². The van der Waals surface area contributed by atoms with Crippen molar-refractivity contribution >= 4 is 17.8 Å². The number of hydrogen-bond donors (Lipinski definition) is 4. The number of urea groups is 1. The molecule has 0 spiro atoms. The Morgan fingerprint density at radius 3 is 2.50 bits per heavy atom. The van der Waals surface area contributed by atoms with Gasteiger partial charge in [0.05, 0.1) is 25.8 Å². The molecule has 4 rings (SSSR count). The minimum atomic E-state index is -0.603. The molecule has 1 aliphatic rings. The first-order chi connectivity index (χ1) is 17.4. The maximum absolute atomic E-state index is 12.8. The van der Waals surface area contributed by atoms with Crippen LogP contribution >= 0.6 is 0 Å². The topological polar surface area (TPSA) is 119 Å². The van der Waals surface area contributed by atoms with Crippen LogP contribution < -0.4 is 30.7 Å². The number of rotatable bonds is 8. The molecule has 1 saturated heterocycles. The SMILES string of the molecule is CCC1C(=O)NC(n2nc(-c3ccccc3)cc2NC(=O)NCc2ccc(OC)c(OC)c2)NC1C. The third-order valence-corrected chi connectivity index (χ3v) is 6.27. The van der Waals surface area contributed by atoms with Gasteiger partial charge in [0, 0.05) is 24.2 Å². The second-order valence-electron chi connectivity index (χ2n) is 8.60. The summed E-state index contributed by atoms with van der Waals surface area (Å²) in [6, 6.07) is 16.4. The van der Waals surface area contributed by atoms with Crippen LogP contribution in [0.4, 0.5) is 10.6 Å². The maximum Gasteiger partial charge on any atom is 0.320 e. The lowest BCUT2D eigenvalue weighted by molar-refractivity contribution is -0.130. The van der Waals surface area contributed by atoms with E-state index in [4.69, 9.17) is 14.6 Å². The number of nitrogens with zero attached hydrogens (tertiary/aromatic N) is 2. The zero-order valence-electron chi connectivity index (χ0n) is 20.9. The van der Waals surface area contributed by atoms with Crippen molar-refractivity contribution in [2.45, 2.75) is 39.1 Å². The van der Waals surface area contributed by atoms with Gasteiger partial charge in [-0.2, -0.15) is 5.10 Å². The minimum Gasteiger partial charge on any atom is -0.493 e.